The Balaban J connectivity index is 1.53. The summed E-state index contributed by atoms with van der Waals surface area (Å²) in [4.78, 5) is 40.1. The van der Waals surface area contributed by atoms with Crippen LogP contribution in [0, 0.1) is 6.92 Å². The number of likely N-dealkylation sites (tertiary alicyclic amines) is 1. The van der Waals surface area contributed by atoms with Gasteiger partial charge in [0.1, 0.15) is 11.9 Å². The second-order valence-electron chi connectivity index (χ2n) is 8.58. The van der Waals surface area contributed by atoms with E-state index in [2.05, 4.69) is 20.3 Å². The van der Waals surface area contributed by atoms with E-state index in [9.17, 15) is 9.59 Å². The minimum absolute atomic E-state index is 0.0455. The minimum Gasteiger partial charge on any atom is -0.472 e. The summed E-state index contributed by atoms with van der Waals surface area (Å²) >= 11 is 0. The van der Waals surface area contributed by atoms with Crippen LogP contribution in [0.1, 0.15) is 46.0 Å². The van der Waals surface area contributed by atoms with Crippen LogP contribution in [0.25, 0.3) is 0 Å². The molecule has 10 heteroatoms. The lowest BCUT2D eigenvalue weighted by Crippen LogP contribution is -2.27. The van der Waals surface area contributed by atoms with Crippen LogP contribution < -0.4 is 14.8 Å². The smallest absolute Gasteiger partial charge is 0.257 e. The summed E-state index contributed by atoms with van der Waals surface area (Å²) in [7, 11) is 1.57. The molecular formula is C26H29N5O5. The fraction of sp³-hybridized carbons (Fsp3) is 0.346. The first-order chi connectivity index (χ1) is 17.4. The summed E-state index contributed by atoms with van der Waals surface area (Å²) in [6, 6.07) is 9.85. The van der Waals surface area contributed by atoms with Gasteiger partial charge in [0.2, 0.25) is 17.6 Å². The number of aryl methyl sites for hydroxylation is 1. The van der Waals surface area contributed by atoms with Crippen molar-refractivity contribution in [3.05, 3.63) is 65.5 Å². The molecule has 2 amide bonds. The Bertz CT molecular complexity index is 1190. The Labute approximate surface area is 209 Å². The molecule has 0 radical (unpaired) electrons. The molecule has 3 aromatic rings. The number of carbonyl (C=O) groups excluding carboxylic acids is 2. The molecule has 0 spiro atoms. The molecule has 0 bridgehead atoms. The lowest BCUT2D eigenvalue weighted by molar-refractivity contribution is 0.0792. The third kappa shape index (κ3) is 6.54. The van der Waals surface area contributed by atoms with Crippen LogP contribution >= 0.6 is 0 Å². The molecule has 0 saturated carbocycles. The predicted octanol–water partition coefficient (Wildman–Crippen LogP) is 3.87. The van der Waals surface area contributed by atoms with E-state index in [4.69, 9.17) is 14.2 Å². The van der Waals surface area contributed by atoms with Gasteiger partial charge in [-0.2, -0.15) is 4.98 Å². The number of amides is 2. The van der Waals surface area contributed by atoms with Gasteiger partial charge in [0, 0.05) is 50.8 Å². The van der Waals surface area contributed by atoms with Crippen molar-refractivity contribution in [2.24, 2.45) is 0 Å². The van der Waals surface area contributed by atoms with Crippen molar-refractivity contribution in [1.82, 2.24) is 19.9 Å². The van der Waals surface area contributed by atoms with Gasteiger partial charge < -0.3 is 24.4 Å². The van der Waals surface area contributed by atoms with Crippen molar-refractivity contribution < 1.29 is 23.8 Å². The van der Waals surface area contributed by atoms with E-state index in [-0.39, 0.29) is 35.2 Å². The monoisotopic (exact) mass is 491 g/mol. The quantitative estimate of drug-likeness (QED) is 0.480. The molecule has 0 unspecified atom stereocenters. The third-order valence-corrected chi connectivity index (χ3v) is 5.50. The Morgan fingerprint density at radius 2 is 1.78 bits per heavy atom. The first kappa shape index (κ1) is 25.1. The average Bonchev–Trinajstić information content (AvgIpc) is 3.40. The lowest BCUT2D eigenvalue weighted by Gasteiger charge is -2.16. The number of methoxy groups -OCH3 is 1. The second-order valence-corrected chi connectivity index (χ2v) is 8.58. The van der Waals surface area contributed by atoms with Gasteiger partial charge in [0.05, 0.1) is 17.7 Å². The molecule has 36 heavy (non-hydrogen) atoms. The van der Waals surface area contributed by atoms with Gasteiger partial charge in [-0.05, 0) is 44.4 Å². The van der Waals surface area contributed by atoms with Crippen molar-refractivity contribution in [3.63, 3.8) is 0 Å². The zero-order valence-electron chi connectivity index (χ0n) is 20.6. The number of nitrogens with one attached hydrogen (secondary N) is 1. The molecule has 1 N–H and O–H groups in total. The summed E-state index contributed by atoms with van der Waals surface area (Å²) < 4.78 is 16.8. The van der Waals surface area contributed by atoms with E-state index in [0.717, 1.165) is 31.5 Å². The van der Waals surface area contributed by atoms with E-state index >= 15 is 0 Å². The molecule has 10 nitrogen and oxygen atoms in total. The fourth-order valence-corrected chi connectivity index (χ4v) is 3.71. The van der Waals surface area contributed by atoms with E-state index in [0.29, 0.717) is 18.0 Å². The van der Waals surface area contributed by atoms with Crippen molar-refractivity contribution >= 4 is 17.6 Å². The number of hydrogen-bond acceptors (Lipinski definition) is 8. The van der Waals surface area contributed by atoms with Crippen molar-refractivity contribution in [2.45, 2.75) is 32.8 Å². The summed E-state index contributed by atoms with van der Waals surface area (Å²) in [6.07, 6.45) is 4.88. The Kier molecular flexibility index (Phi) is 8.06. The maximum absolute atomic E-state index is 12.9. The summed E-state index contributed by atoms with van der Waals surface area (Å²) in [6.45, 7) is 5.61. The summed E-state index contributed by atoms with van der Waals surface area (Å²) in [5, 5.41) is 2.76. The highest BCUT2D eigenvalue weighted by Gasteiger charge is 2.20. The Morgan fingerprint density at radius 1 is 1.00 bits per heavy atom. The molecule has 1 aliphatic heterocycles. The highest BCUT2D eigenvalue weighted by atomic mass is 16.5. The molecule has 4 heterocycles. The maximum atomic E-state index is 12.9. The fourth-order valence-electron chi connectivity index (χ4n) is 3.71. The molecule has 1 saturated heterocycles. The molecule has 4 rings (SSSR count). The van der Waals surface area contributed by atoms with Gasteiger partial charge in [-0.25, -0.2) is 9.97 Å². The predicted molar refractivity (Wildman–Crippen MR) is 133 cm³/mol. The molecule has 3 aromatic heterocycles. The molecule has 1 fully saturated rings. The van der Waals surface area contributed by atoms with Gasteiger partial charge >= 0.3 is 0 Å². The highest BCUT2D eigenvalue weighted by molar-refractivity contribution is 6.04. The Hall–Kier alpha value is -4.05. The highest BCUT2D eigenvalue weighted by Crippen LogP contribution is 2.24. The molecule has 0 aromatic carbocycles. The Morgan fingerprint density at radius 3 is 2.44 bits per heavy atom. The number of nitrogens with zero attached hydrogens (tertiary/aromatic N) is 4. The van der Waals surface area contributed by atoms with Crippen LogP contribution in [0.3, 0.4) is 0 Å². The first-order valence-electron chi connectivity index (χ1n) is 11.8. The lowest BCUT2D eigenvalue weighted by atomic mass is 10.2. The summed E-state index contributed by atoms with van der Waals surface area (Å²) in [5.74, 6) is 0.512. The zero-order valence-corrected chi connectivity index (χ0v) is 20.6. The third-order valence-electron chi connectivity index (χ3n) is 5.50. The van der Waals surface area contributed by atoms with Crippen molar-refractivity contribution in [2.75, 3.05) is 32.1 Å². The normalized spacial score (nSPS) is 13.8. The largest absolute Gasteiger partial charge is 0.472 e. The maximum Gasteiger partial charge on any atom is 0.257 e. The molecule has 188 valence electrons. The SMILES string of the molecule is COC[C@@H](C)Oc1cc(C(=O)Nc2ccc(C)cn2)cc(Oc2ccc(C(=O)N3CCCC3)cn2)n1. The number of aromatic nitrogens is 3. The van der Waals surface area contributed by atoms with E-state index in [1.54, 1.807) is 31.5 Å². The number of ether oxygens (including phenoxy) is 3. The molecule has 1 aliphatic rings. The number of pyridine rings is 3. The number of rotatable bonds is 9. The number of hydrogen-bond donors (Lipinski definition) is 1. The van der Waals surface area contributed by atoms with E-state index in [1.807, 2.05) is 24.8 Å². The van der Waals surface area contributed by atoms with Gasteiger partial charge in [-0.3, -0.25) is 9.59 Å². The zero-order chi connectivity index (χ0) is 25.5. The van der Waals surface area contributed by atoms with Gasteiger partial charge in [-0.15, -0.1) is 0 Å². The standard InChI is InChI=1S/C26H29N5O5/c1-17-6-8-21(27-14-17)29-25(32)20-12-23(35-18(2)16-34-3)30-24(13-20)36-22-9-7-19(15-28-22)26(33)31-10-4-5-11-31/h6-9,12-15,18H,4-5,10-11,16H2,1-3H3,(H,27,29,32)/t18-/m1/s1. The molecule has 0 aliphatic carbocycles. The van der Waals surface area contributed by atoms with E-state index in [1.165, 1.54) is 18.3 Å². The number of carbonyl (C=O) groups is 2. The molecular weight excluding hydrogens is 462 g/mol. The first-order valence-corrected chi connectivity index (χ1v) is 11.8. The number of anilines is 1. The van der Waals surface area contributed by atoms with Gasteiger partial charge in [-0.1, -0.05) is 6.07 Å². The van der Waals surface area contributed by atoms with Crippen molar-refractivity contribution in [3.8, 4) is 17.6 Å². The van der Waals surface area contributed by atoms with E-state index < -0.39 is 5.91 Å². The molecule has 1 atom stereocenters. The van der Waals surface area contributed by atoms with Crippen LogP contribution in [0.15, 0.2) is 48.8 Å². The van der Waals surface area contributed by atoms with Crippen molar-refractivity contribution in [1.29, 1.82) is 0 Å². The second kappa shape index (κ2) is 11.6. The van der Waals surface area contributed by atoms with Crippen LogP contribution in [-0.2, 0) is 4.74 Å². The van der Waals surface area contributed by atoms with Gasteiger partial charge in [0.25, 0.3) is 11.8 Å². The van der Waals surface area contributed by atoms with Crippen LogP contribution in [0.5, 0.6) is 17.6 Å². The van der Waals surface area contributed by atoms with Crippen LogP contribution in [0.2, 0.25) is 0 Å². The topological polar surface area (TPSA) is 116 Å². The minimum atomic E-state index is -0.401. The van der Waals surface area contributed by atoms with Gasteiger partial charge in [0.15, 0.2) is 0 Å². The van der Waals surface area contributed by atoms with Crippen LogP contribution in [0.4, 0.5) is 5.82 Å². The summed E-state index contributed by atoms with van der Waals surface area (Å²) in [5.41, 5.74) is 1.74. The van der Waals surface area contributed by atoms with Crippen LogP contribution in [-0.4, -0.2) is 64.6 Å². The average molecular weight is 492 g/mol.